The summed E-state index contributed by atoms with van der Waals surface area (Å²) in [5.41, 5.74) is 7.21. The van der Waals surface area contributed by atoms with Gasteiger partial charge >= 0.3 is 0 Å². The van der Waals surface area contributed by atoms with E-state index >= 15 is 0 Å². The molecule has 1 atom stereocenters. The van der Waals surface area contributed by atoms with E-state index in [-0.39, 0.29) is 6.04 Å². The molecule has 2 aromatic heterocycles. The Bertz CT molecular complexity index is 953. The van der Waals surface area contributed by atoms with Gasteiger partial charge in [0.25, 0.3) is 0 Å². The highest BCUT2D eigenvalue weighted by molar-refractivity contribution is 5.65. The molecule has 1 aliphatic rings. The van der Waals surface area contributed by atoms with Gasteiger partial charge in [0.15, 0.2) is 0 Å². The van der Waals surface area contributed by atoms with Crippen LogP contribution < -0.4 is 4.74 Å². The molecule has 142 valence electrons. The highest BCUT2D eigenvalue weighted by atomic mass is 16.5. The monoisotopic (exact) mass is 364 g/mol. The second-order valence-electron chi connectivity index (χ2n) is 7.45. The highest BCUT2D eigenvalue weighted by Gasteiger charge is 2.21. The molecular formula is C22H28N4O. The largest absolute Gasteiger partial charge is 0.493 e. The third-order valence-corrected chi connectivity index (χ3v) is 5.57. The minimum absolute atomic E-state index is 0.197. The number of imidazole rings is 1. The number of aromatic nitrogens is 4. The predicted octanol–water partition coefficient (Wildman–Crippen LogP) is 4.71. The van der Waals surface area contributed by atoms with Crippen LogP contribution in [0.15, 0.2) is 30.7 Å². The maximum Gasteiger partial charge on any atom is 0.122 e. The van der Waals surface area contributed by atoms with Gasteiger partial charge in [0.2, 0.25) is 0 Å². The molecule has 0 amide bonds. The fourth-order valence-electron chi connectivity index (χ4n) is 4.10. The van der Waals surface area contributed by atoms with Crippen LogP contribution in [0.1, 0.15) is 55.2 Å². The zero-order chi connectivity index (χ0) is 19.0. The lowest BCUT2D eigenvalue weighted by atomic mass is 9.99. The number of aryl methyl sites for hydroxylation is 3. The molecule has 0 unspecified atom stereocenters. The molecule has 0 bridgehead atoms. The van der Waals surface area contributed by atoms with Crippen LogP contribution in [0.25, 0.3) is 11.3 Å². The molecular weight excluding hydrogens is 336 g/mol. The highest BCUT2D eigenvalue weighted by Crippen LogP contribution is 2.33. The molecule has 1 aliphatic heterocycles. The van der Waals surface area contributed by atoms with Gasteiger partial charge in [-0.1, -0.05) is 19.1 Å². The van der Waals surface area contributed by atoms with Crippen molar-refractivity contribution in [1.29, 1.82) is 0 Å². The molecule has 3 aromatic rings. The van der Waals surface area contributed by atoms with E-state index in [4.69, 9.17) is 9.84 Å². The summed E-state index contributed by atoms with van der Waals surface area (Å²) in [7, 11) is 0. The van der Waals surface area contributed by atoms with E-state index in [1.54, 1.807) is 0 Å². The normalized spacial score (nSPS) is 14.7. The van der Waals surface area contributed by atoms with Crippen LogP contribution in [0.5, 0.6) is 5.75 Å². The number of rotatable bonds is 5. The Morgan fingerprint density at radius 1 is 1.26 bits per heavy atom. The number of fused-ring (bicyclic) bond motifs is 1. The summed E-state index contributed by atoms with van der Waals surface area (Å²) in [6.07, 6.45) is 7.16. The smallest absolute Gasteiger partial charge is 0.122 e. The summed E-state index contributed by atoms with van der Waals surface area (Å²) in [5.74, 6) is 1.04. The summed E-state index contributed by atoms with van der Waals surface area (Å²) >= 11 is 0. The van der Waals surface area contributed by atoms with Gasteiger partial charge in [-0.15, -0.1) is 0 Å². The Balaban J connectivity index is 1.72. The van der Waals surface area contributed by atoms with Crippen molar-refractivity contribution in [2.45, 2.75) is 59.5 Å². The van der Waals surface area contributed by atoms with E-state index in [1.807, 2.05) is 12.5 Å². The first-order chi connectivity index (χ1) is 13.1. The number of nitrogens with zero attached hydrogens (tertiary/aromatic N) is 4. The van der Waals surface area contributed by atoms with E-state index in [0.717, 1.165) is 49.6 Å². The topological polar surface area (TPSA) is 44.9 Å². The molecule has 0 N–H and O–H groups in total. The Hall–Kier alpha value is -2.56. The van der Waals surface area contributed by atoms with Gasteiger partial charge < -0.3 is 9.30 Å². The number of benzene rings is 1. The van der Waals surface area contributed by atoms with E-state index in [2.05, 4.69) is 60.1 Å². The molecule has 0 spiro atoms. The van der Waals surface area contributed by atoms with Crippen LogP contribution in [-0.4, -0.2) is 25.9 Å². The SMILES string of the molecule is CCCn1nc(C)c(-c2cncn2[C@@H](C)c2ccc3c(c2)CCCO3)c1C. The first kappa shape index (κ1) is 17.8. The molecule has 5 nitrogen and oxygen atoms in total. The average Bonchev–Trinajstić information content (AvgIpc) is 3.25. The van der Waals surface area contributed by atoms with Crippen molar-refractivity contribution in [1.82, 2.24) is 19.3 Å². The molecule has 5 heteroatoms. The van der Waals surface area contributed by atoms with Crippen LogP contribution in [0, 0.1) is 13.8 Å². The molecule has 27 heavy (non-hydrogen) atoms. The van der Waals surface area contributed by atoms with Crippen molar-refractivity contribution in [3.63, 3.8) is 0 Å². The minimum Gasteiger partial charge on any atom is -0.493 e. The molecule has 1 aromatic carbocycles. The van der Waals surface area contributed by atoms with E-state index in [1.165, 1.54) is 22.4 Å². The lowest BCUT2D eigenvalue weighted by Crippen LogP contribution is -2.11. The van der Waals surface area contributed by atoms with Gasteiger partial charge in [0.1, 0.15) is 5.75 Å². The third kappa shape index (κ3) is 3.15. The van der Waals surface area contributed by atoms with E-state index in [9.17, 15) is 0 Å². The van der Waals surface area contributed by atoms with Crippen LogP contribution in [0.3, 0.4) is 0 Å². The van der Waals surface area contributed by atoms with Crippen molar-refractivity contribution in [3.05, 3.63) is 53.2 Å². The van der Waals surface area contributed by atoms with Gasteiger partial charge in [0, 0.05) is 17.8 Å². The standard InChI is InChI=1S/C22H28N4O/c1-5-10-26-17(4)22(15(2)24-26)20-13-23-14-25(20)16(3)18-8-9-21-19(12-18)7-6-11-27-21/h8-9,12-14,16H,5-7,10-11H2,1-4H3/t16-/m0/s1. The molecule has 0 saturated heterocycles. The summed E-state index contributed by atoms with van der Waals surface area (Å²) in [5, 5.41) is 4.75. The van der Waals surface area contributed by atoms with Crippen LogP contribution in [0.4, 0.5) is 0 Å². The maximum atomic E-state index is 5.77. The van der Waals surface area contributed by atoms with Gasteiger partial charge in [-0.2, -0.15) is 5.10 Å². The van der Waals surface area contributed by atoms with E-state index < -0.39 is 0 Å². The molecule has 0 fully saturated rings. The summed E-state index contributed by atoms with van der Waals surface area (Å²) < 4.78 is 10.1. The zero-order valence-electron chi connectivity index (χ0n) is 16.7. The van der Waals surface area contributed by atoms with Gasteiger partial charge in [-0.05, 0) is 57.2 Å². The molecule has 0 saturated carbocycles. The lowest BCUT2D eigenvalue weighted by molar-refractivity contribution is 0.288. The Labute approximate surface area is 161 Å². The first-order valence-corrected chi connectivity index (χ1v) is 9.92. The number of hydrogen-bond donors (Lipinski definition) is 0. The predicted molar refractivity (Wildman–Crippen MR) is 107 cm³/mol. The van der Waals surface area contributed by atoms with Crippen molar-refractivity contribution in [2.24, 2.45) is 0 Å². The Morgan fingerprint density at radius 2 is 2.11 bits per heavy atom. The minimum atomic E-state index is 0.197. The fraction of sp³-hybridized carbons (Fsp3) is 0.455. The fourth-order valence-corrected chi connectivity index (χ4v) is 4.10. The third-order valence-electron chi connectivity index (χ3n) is 5.57. The second-order valence-corrected chi connectivity index (χ2v) is 7.45. The number of ether oxygens (including phenoxy) is 1. The van der Waals surface area contributed by atoms with Gasteiger partial charge in [0.05, 0.1) is 36.6 Å². The van der Waals surface area contributed by atoms with E-state index in [0.29, 0.717) is 0 Å². The lowest BCUT2D eigenvalue weighted by Gasteiger charge is -2.22. The van der Waals surface area contributed by atoms with Gasteiger partial charge in [-0.25, -0.2) is 4.98 Å². The molecule has 0 aliphatic carbocycles. The summed E-state index contributed by atoms with van der Waals surface area (Å²) in [6, 6.07) is 6.79. The van der Waals surface area contributed by atoms with Crippen LogP contribution in [-0.2, 0) is 13.0 Å². The van der Waals surface area contributed by atoms with Crippen molar-refractivity contribution >= 4 is 0 Å². The maximum absolute atomic E-state index is 5.77. The number of hydrogen-bond acceptors (Lipinski definition) is 3. The average molecular weight is 364 g/mol. The van der Waals surface area contributed by atoms with Crippen LogP contribution >= 0.6 is 0 Å². The summed E-state index contributed by atoms with van der Waals surface area (Å²) in [4.78, 5) is 4.47. The van der Waals surface area contributed by atoms with Crippen molar-refractivity contribution < 1.29 is 4.74 Å². The second kappa shape index (κ2) is 7.22. The molecule has 0 radical (unpaired) electrons. The molecule has 3 heterocycles. The Morgan fingerprint density at radius 3 is 2.93 bits per heavy atom. The Kier molecular flexibility index (Phi) is 4.77. The van der Waals surface area contributed by atoms with Crippen molar-refractivity contribution in [3.8, 4) is 17.0 Å². The zero-order valence-corrected chi connectivity index (χ0v) is 16.7. The van der Waals surface area contributed by atoms with Gasteiger partial charge in [-0.3, -0.25) is 4.68 Å². The van der Waals surface area contributed by atoms with Crippen LogP contribution in [0.2, 0.25) is 0 Å². The summed E-state index contributed by atoms with van der Waals surface area (Å²) in [6.45, 7) is 10.4. The first-order valence-electron chi connectivity index (χ1n) is 9.92. The molecule has 4 rings (SSSR count). The van der Waals surface area contributed by atoms with Crippen molar-refractivity contribution in [2.75, 3.05) is 6.61 Å². The quantitative estimate of drug-likeness (QED) is 0.659.